The molecule has 0 spiro atoms. The highest BCUT2D eigenvalue weighted by Crippen LogP contribution is 2.38. The maximum absolute atomic E-state index is 6.05. The van der Waals surface area contributed by atoms with Gasteiger partial charge >= 0.3 is 0 Å². The van der Waals surface area contributed by atoms with Crippen LogP contribution in [0.5, 0.6) is 11.5 Å². The molecule has 0 unspecified atom stereocenters. The summed E-state index contributed by atoms with van der Waals surface area (Å²) in [5.74, 6) is 1.32. The lowest BCUT2D eigenvalue weighted by Gasteiger charge is -2.20. The molecule has 0 saturated carbocycles. The van der Waals surface area contributed by atoms with Gasteiger partial charge in [0.05, 0.1) is 12.1 Å². The first kappa shape index (κ1) is 10.5. The lowest BCUT2D eigenvalue weighted by molar-refractivity contribution is 0.0865. The van der Waals surface area contributed by atoms with Crippen LogP contribution in [0.4, 0.5) is 0 Å². The second kappa shape index (κ2) is 4.70. The molecule has 1 aromatic rings. The highest BCUT2D eigenvalue weighted by Gasteiger charge is 2.16. The Balaban J connectivity index is 2.24. The second-order valence-corrected chi connectivity index (χ2v) is 3.53. The van der Waals surface area contributed by atoms with Crippen LogP contribution in [0.3, 0.4) is 0 Å². The quantitative estimate of drug-likeness (QED) is 0.802. The van der Waals surface area contributed by atoms with Crippen LogP contribution in [0.25, 0.3) is 0 Å². The number of ether oxygens (including phenoxy) is 2. The van der Waals surface area contributed by atoms with Crippen LogP contribution in [0.15, 0.2) is 12.1 Å². The zero-order chi connectivity index (χ0) is 10.7. The third-order valence-corrected chi connectivity index (χ3v) is 2.36. The molecule has 0 fully saturated rings. The predicted molar refractivity (Wildman–Crippen MR) is 56.3 cm³/mol. The first-order valence-corrected chi connectivity index (χ1v) is 5.03. The van der Waals surface area contributed by atoms with E-state index in [1.54, 1.807) is 7.11 Å². The monoisotopic (exact) mass is 229 g/mol. The van der Waals surface area contributed by atoms with E-state index in [4.69, 9.17) is 25.9 Å². The van der Waals surface area contributed by atoms with Gasteiger partial charge in [0.15, 0.2) is 11.5 Å². The summed E-state index contributed by atoms with van der Waals surface area (Å²) in [5.41, 5.74) is 3.74. The normalized spacial score (nSPS) is 14.0. The standard InChI is InChI=1S/C10H12ClNO3/c1-13-12-6-7-4-8(11)10-9(5-7)14-2-3-15-10/h4-5,12H,2-3,6H2,1H3. The van der Waals surface area contributed by atoms with Crippen molar-refractivity contribution in [1.82, 2.24) is 5.48 Å². The summed E-state index contributed by atoms with van der Waals surface area (Å²) < 4.78 is 10.9. The fourth-order valence-corrected chi connectivity index (χ4v) is 1.71. The molecule has 0 radical (unpaired) electrons. The third-order valence-electron chi connectivity index (χ3n) is 2.08. The van der Waals surface area contributed by atoms with Crippen LogP contribution < -0.4 is 15.0 Å². The number of hydrogen-bond donors (Lipinski definition) is 1. The SMILES string of the molecule is CONCc1cc(Cl)c2c(c1)OCCO2. The molecule has 2 rings (SSSR count). The summed E-state index contributed by atoms with van der Waals surface area (Å²) in [7, 11) is 1.57. The number of halogens is 1. The molecule has 82 valence electrons. The molecular formula is C10H12ClNO3. The zero-order valence-electron chi connectivity index (χ0n) is 8.38. The van der Waals surface area contributed by atoms with Gasteiger partial charge in [0.25, 0.3) is 0 Å². The van der Waals surface area contributed by atoms with Gasteiger partial charge in [-0.15, -0.1) is 0 Å². The van der Waals surface area contributed by atoms with E-state index < -0.39 is 0 Å². The Morgan fingerprint density at radius 3 is 3.00 bits per heavy atom. The minimum Gasteiger partial charge on any atom is -0.486 e. The molecule has 0 aliphatic carbocycles. The van der Waals surface area contributed by atoms with Crippen molar-refractivity contribution in [3.63, 3.8) is 0 Å². The van der Waals surface area contributed by atoms with Crippen molar-refractivity contribution in [3.8, 4) is 11.5 Å². The molecular weight excluding hydrogens is 218 g/mol. The van der Waals surface area contributed by atoms with E-state index in [2.05, 4.69) is 5.48 Å². The van der Waals surface area contributed by atoms with Crippen LogP contribution in [0.2, 0.25) is 5.02 Å². The smallest absolute Gasteiger partial charge is 0.179 e. The van der Waals surface area contributed by atoms with Crippen LogP contribution in [0.1, 0.15) is 5.56 Å². The van der Waals surface area contributed by atoms with Gasteiger partial charge in [-0.1, -0.05) is 11.6 Å². The van der Waals surface area contributed by atoms with Crippen molar-refractivity contribution in [2.45, 2.75) is 6.54 Å². The number of hydroxylamine groups is 1. The van der Waals surface area contributed by atoms with Gasteiger partial charge in [-0.25, -0.2) is 0 Å². The largest absolute Gasteiger partial charge is 0.486 e. The Morgan fingerprint density at radius 1 is 1.40 bits per heavy atom. The molecule has 1 aliphatic rings. The first-order chi connectivity index (χ1) is 7.31. The summed E-state index contributed by atoms with van der Waals surface area (Å²) in [5, 5.41) is 0.570. The van der Waals surface area contributed by atoms with Gasteiger partial charge in [-0.05, 0) is 17.7 Å². The van der Waals surface area contributed by atoms with Crippen LogP contribution in [-0.4, -0.2) is 20.3 Å². The van der Waals surface area contributed by atoms with Gasteiger partial charge in [0.2, 0.25) is 0 Å². The van der Waals surface area contributed by atoms with Crippen molar-refractivity contribution in [1.29, 1.82) is 0 Å². The molecule has 15 heavy (non-hydrogen) atoms. The average Bonchev–Trinajstić information content (AvgIpc) is 2.26. The molecule has 1 aromatic carbocycles. The maximum Gasteiger partial charge on any atom is 0.179 e. The Morgan fingerprint density at radius 2 is 2.20 bits per heavy atom. The molecule has 1 heterocycles. The summed E-state index contributed by atoms with van der Waals surface area (Å²) in [4.78, 5) is 4.76. The lowest BCUT2D eigenvalue weighted by Crippen LogP contribution is -2.17. The van der Waals surface area contributed by atoms with Gasteiger partial charge in [0.1, 0.15) is 13.2 Å². The number of benzene rings is 1. The van der Waals surface area contributed by atoms with Crippen molar-refractivity contribution < 1.29 is 14.3 Å². The fourth-order valence-electron chi connectivity index (χ4n) is 1.42. The minimum absolute atomic E-state index is 0.544. The highest BCUT2D eigenvalue weighted by molar-refractivity contribution is 6.32. The van der Waals surface area contributed by atoms with Crippen molar-refractivity contribution in [2.24, 2.45) is 0 Å². The minimum atomic E-state index is 0.544. The topological polar surface area (TPSA) is 39.7 Å². The molecule has 1 N–H and O–H groups in total. The van der Waals surface area contributed by atoms with Crippen LogP contribution >= 0.6 is 11.6 Å². The second-order valence-electron chi connectivity index (χ2n) is 3.13. The Kier molecular flexibility index (Phi) is 3.30. The molecule has 5 heteroatoms. The number of nitrogens with one attached hydrogen (secondary N) is 1. The Bertz CT molecular complexity index is 357. The van der Waals surface area contributed by atoms with Gasteiger partial charge in [-0.3, -0.25) is 0 Å². The molecule has 0 atom stereocenters. The molecule has 4 nitrogen and oxygen atoms in total. The predicted octanol–water partition coefficient (Wildman–Crippen LogP) is 1.76. The molecule has 0 aromatic heterocycles. The van der Waals surface area contributed by atoms with Gasteiger partial charge < -0.3 is 14.3 Å². The van der Waals surface area contributed by atoms with E-state index in [0.29, 0.717) is 36.3 Å². The average molecular weight is 230 g/mol. The maximum atomic E-state index is 6.05. The van der Waals surface area contributed by atoms with Gasteiger partial charge in [-0.2, -0.15) is 5.48 Å². The molecule has 0 amide bonds. The summed E-state index contributed by atoms with van der Waals surface area (Å²) >= 11 is 6.05. The molecule has 1 aliphatic heterocycles. The van der Waals surface area contributed by atoms with Crippen LogP contribution in [0, 0.1) is 0 Å². The Labute approximate surface area is 93.0 Å². The van der Waals surface area contributed by atoms with Crippen molar-refractivity contribution in [3.05, 3.63) is 22.7 Å². The van der Waals surface area contributed by atoms with E-state index in [0.717, 1.165) is 5.56 Å². The fraction of sp³-hybridized carbons (Fsp3) is 0.400. The number of rotatable bonds is 3. The number of hydrogen-bond acceptors (Lipinski definition) is 4. The van der Waals surface area contributed by atoms with E-state index in [-0.39, 0.29) is 0 Å². The van der Waals surface area contributed by atoms with Crippen molar-refractivity contribution in [2.75, 3.05) is 20.3 Å². The van der Waals surface area contributed by atoms with Crippen molar-refractivity contribution >= 4 is 11.6 Å². The zero-order valence-corrected chi connectivity index (χ0v) is 9.13. The Hall–Kier alpha value is -0.970. The van der Waals surface area contributed by atoms with E-state index in [1.807, 2.05) is 12.1 Å². The summed E-state index contributed by atoms with van der Waals surface area (Å²) in [6, 6.07) is 3.73. The van der Waals surface area contributed by atoms with E-state index in [9.17, 15) is 0 Å². The summed E-state index contributed by atoms with van der Waals surface area (Å²) in [6.07, 6.45) is 0. The van der Waals surface area contributed by atoms with Crippen LogP contribution in [-0.2, 0) is 11.4 Å². The van der Waals surface area contributed by atoms with Gasteiger partial charge in [0, 0.05) is 6.54 Å². The lowest BCUT2D eigenvalue weighted by atomic mass is 10.2. The van der Waals surface area contributed by atoms with E-state index >= 15 is 0 Å². The third kappa shape index (κ3) is 2.34. The number of fused-ring (bicyclic) bond motifs is 1. The first-order valence-electron chi connectivity index (χ1n) is 4.65. The van der Waals surface area contributed by atoms with E-state index in [1.165, 1.54) is 0 Å². The summed E-state index contributed by atoms with van der Waals surface area (Å²) in [6.45, 7) is 1.68. The highest BCUT2D eigenvalue weighted by atomic mass is 35.5. The molecule has 0 saturated heterocycles. The molecule has 0 bridgehead atoms.